The molecule has 130 valence electrons. The number of hydrogen-bond acceptors (Lipinski definition) is 7. The average molecular weight is 408 g/mol. The first-order valence-electron chi connectivity index (χ1n) is 6.80. The molecule has 0 fully saturated rings. The molecule has 0 aliphatic heterocycles. The van der Waals surface area contributed by atoms with Crippen molar-refractivity contribution in [3.8, 4) is 17.6 Å². The normalized spacial score (nSPS) is 10.5. The largest absolute Gasteiger partial charge is 0.383 e. The lowest BCUT2D eigenvalue weighted by molar-refractivity contribution is 1.05. The summed E-state index contributed by atoms with van der Waals surface area (Å²) in [5.41, 5.74) is 6.77. The van der Waals surface area contributed by atoms with Crippen molar-refractivity contribution in [1.82, 2.24) is 24.9 Å². The predicted molar refractivity (Wildman–Crippen MR) is 98.7 cm³/mol. The summed E-state index contributed by atoms with van der Waals surface area (Å²) in [5, 5.41) is 9.07. The van der Waals surface area contributed by atoms with E-state index >= 15 is 0 Å². The second kappa shape index (κ2) is 9.58. The summed E-state index contributed by atoms with van der Waals surface area (Å²) in [6.07, 6.45) is 6.01. The first-order chi connectivity index (χ1) is 12.5. The van der Waals surface area contributed by atoms with Crippen molar-refractivity contribution in [3.05, 3.63) is 64.1 Å². The quantitative estimate of drug-likeness (QED) is 0.299. The first kappa shape index (κ1) is 19.5. The molecule has 2 N–H and O–H groups in total. The van der Waals surface area contributed by atoms with Gasteiger partial charge in [0.1, 0.15) is 22.5 Å². The zero-order valence-corrected chi connectivity index (χ0v) is 15.2. The molecule has 3 rings (SSSR count). The van der Waals surface area contributed by atoms with Crippen LogP contribution in [0.5, 0.6) is 0 Å². The van der Waals surface area contributed by atoms with Crippen LogP contribution in [-0.2, 0) is 0 Å². The van der Waals surface area contributed by atoms with Crippen molar-refractivity contribution in [2.24, 2.45) is 10.7 Å². The Morgan fingerprint density at radius 1 is 1.00 bits per heavy atom. The highest BCUT2D eigenvalue weighted by molar-refractivity contribution is 6.30. The summed E-state index contributed by atoms with van der Waals surface area (Å²) < 4.78 is 0. The van der Waals surface area contributed by atoms with E-state index in [0.717, 1.165) is 5.56 Å². The molecule has 0 saturated heterocycles. The molecule has 0 aromatic carbocycles. The average Bonchev–Trinajstić information content (AvgIpc) is 2.62. The molecular formula is C15H9Cl3N8. The van der Waals surface area contributed by atoms with Crippen LogP contribution in [0.15, 0.2) is 48.0 Å². The topological polar surface area (TPSA) is 127 Å². The van der Waals surface area contributed by atoms with Crippen LogP contribution in [0, 0.1) is 11.5 Å². The molecule has 0 saturated carbocycles. The molecule has 0 spiro atoms. The second-order valence-electron chi connectivity index (χ2n) is 4.41. The Balaban J connectivity index is 0.000000190. The molecule has 0 atom stereocenters. The van der Waals surface area contributed by atoms with Crippen LogP contribution >= 0.6 is 34.8 Å². The fourth-order valence-corrected chi connectivity index (χ4v) is 2.11. The van der Waals surface area contributed by atoms with Crippen LogP contribution in [-0.4, -0.2) is 30.8 Å². The minimum atomic E-state index is 0.141. The van der Waals surface area contributed by atoms with Crippen molar-refractivity contribution in [2.75, 3.05) is 0 Å². The van der Waals surface area contributed by atoms with Gasteiger partial charge in [-0.1, -0.05) is 23.2 Å². The van der Waals surface area contributed by atoms with Gasteiger partial charge in [0, 0.05) is 23.5 Å². The minimum absolute atomic E-state index is 0.141. The number of pyridine rings is 2. The molecular weight excluding hydrogens is 399 g/mol. The van der Waals surface area contributed by atoms with Gasteiger partial charge >= 0.3 is 0 Å². The van der Waals surface area contributed by atoms with Gasteiger partial charge in [0.25, 0.3) is 0 Å². The molecule has 0 unspecified atom stereocenters. The summed E-state index contributed by atoms with van der Waals surface area (Å²) in [4.78, 5) is 22.5. The summed E-state index contributed by atoms with van der Waals surface area (Å²) in [5.74, 6) is 0.621. The van der Waals surface area contributed by atoms with Crippen molar-refractivity contribution in [2.45, 2.75) is 0 Å². The van der Waals surface area contributed by atoms with Crippen LogP contribution < -0.4 is 5.73 Å². The number of nitriles is 1. The zero-order valence-electron chi connectivity index (χ0n) is 12.9. The van der Waals surface area contributed by atoms with E-state index < -0.39 is 0 Å². The van der Waals surface area contributed by atoms with Gasteiger partial charge in [0.05, 0.1) is 0 Å². The molecule has 0 radical (unpaired) electrons. The molecule has 0 bridgehead atoms. The van der Waals surface area contributed by atoms with E-state index in [1.54, 1.807) is 30.6 Å². The molecule has 8 nitrogen and oxygen atoms in total. The Bertz CT molecular complexity index is 927. The Hall–Kier alpha value is -2.86. The van der Waals surface area contributed by atoms with Gasteiger partial charge < -0.3 is 5.73 Å². The fourth-order valence-electron chi connectivity index (χ4n) is 1.64. The molecule has 3 aromatic heterocycles. The van der Waals surface area contributed by atoms with E-state index in [1.165, 1.54) is 18.6 Å². The standard InChI is InChI=1S/C8H4Cl2N4.C7H5ClN4/c9-6-3-5(1-2-11-6)7-12-4-13-8(10)14-7;8-6-3-5(1-2-11-6)7(10)12-4-9/h1-4H;1-3H,(H2,10,12). The Labute approximate surface area is 163 Å². The lowest BCUT2D eigenvalue weighted by atomic mass is 10.2. The Kier molecular flexibility index (Phi) is 7.17. The monoisotopic (exact) mass is 406 g/mol. The summed E-state index contributed by atoms with van der Waals surface area (Å²) in [7, 11) is 0. The van der Waals surface area contributed by atoms with Gasteiger partial charge in [0.2, 0.25) is 11.5 Å². The van der Waals surface area contributed by atoms with Crippen LogP contribution in [0.25, 0.3) is 11.4 Å². The molecule has 0 amide bonds. The van der Waals surface area contributed by atoms with E-state index in [2.05, 4.69) is 29.9 Å². The van der Waals surface area contributed by atoms with Crippen LogP contribution in [0.1, 0.15) is 5.56 Å². The van der Waals surface area contributed by atoms with Gasteiger partial charge in [-0.05, 0) is 35.9 Å². The third kappa shape index (κ3) is 5.89. The SMILES string of the molecule is Clc1cc(-c2ncnc(Cl)n2)ccn1.N#CN=C(N)c1ccnc(Cl)c1. The van der Waals surface area contributed by atoms with Gasteiger partial charge in [-0.3, -0.25) is 0 Å². The molecule has 0 aliphatic rings. The Morgan fingerprint density at radius 2 is 1.69 bits per heavy atom. The number of rotatable bonds is 2. The zero-order chi connectivity index (χ0) is 18.9. The van der Waals surface area contributed by atoms with E-state index in [4.69, 9.17) is 45.8 Å². The number of amidine groups is 1. The molecule has 11 heteroatoms. The minimum Gasteiger partial charge on any atom is -0.383 e. The maximum Gasteiger partial charge on any atom is 0.225 e. The third-order valence-corrected chi connectivity index (χ3v) is 3.32. The molecule has 0 aliphatic carbocycles. The van der Waals surface area contributed by atoms with E-state index in [9.17, 15) is 0 Å². The molecule has 3 heterocycles. The van der Waals surface area contributed by atoms with Crippen LogP contribution in [0.4, 0.5) is 0 Å². The lowest BCUT2D eigenvalue weighted by Gasteiger charge is -1.98. The lowest BCUT2D eigenvalue weighted by Crippen LogP contribution is -2.12. The van der Waals surface area contributed by atoms with Crippen molar-refractivity contribution in [3.63, 3.8) is 0 Å². The van der Waals surface area contributed by atoms with Crippen LogP contribution in [0.3, 0.4) is 0 Å². The number of nitrogens with two attached hydrogens (primary N) is 1. The van der Waals surface area contributed by atoms with Gasteiger partial charge in [0.15, 0.2) is 5.82 Å². The van der Waals surface area contributed by atoms with Crippen molar-refractivity contribution >= 4 is 40.6 Å². The third-order valence-electron chi connectivity index (χ3n) is 2.72. The first-order valence-corrected chi connectivity index (χ1v) is 7.93. The van der Waals surface area contributed by atoms with Gasteiger partial charge in [-0.15, -0.1) is 0 Å². The van der Waals surface area contributed by atoms with Crippen LogP contribution in [0.2, 0.25) is 15.6 Å². The highest BCUT2D eigenvalue weighted by Crippen LogP contribution is 2.17. The molecule has 26 heavy (non-hydrogen) atoms. The number of nitrogens with zero attached hydrogens (tertiary/aromatic N) is 7. The van der Waals surface area contributed by atoms with Gasteiger partial charge in [-0.25, -0.2) is 19.9 Å². The van der Waals surface area contributed by atoms with E-state index in [1.807, 2.05) is 0 Å². The summed E-state index contributed by atoms with van der Waals surface area (Å²) >= 11 is 16.9. The molecule has 3 aromatic rings. The predicted octanol–water partition coefficient (Wildman–Crippen LogP) is 3.16. The smallest absolute Gasteiger partial charge is 0.225 e. The number of hydrogen-bond donors (Lipinski definition) is 1. The van der Waals surface area contributed by atoms with Crippen molar-refractivity contribution in [1.29, 1.82) is 5.26 Å². The van der Waals surface area contributed by atoms with Crippen molar-refractivity contribution < 1.29 is 0 Å². The maximum absolute atomic E-state index is 8.20. The Morgan fingerprint density at radius 3 is 2.31 bits per heavy atom. The number of aliphatic imine (C=N–C) groups is 1. The van der Waals surface area contributed by atoms with E-state index in [-0.39, 0.29) is 11.1 Å². The summed E-state index contributed by atoms with van der Waals surface area (Å²) in [6.45, 7) is 0. The maximum atomic E-state index is 8.20. The second-order valence-corrected chi connectivity index (χ2v) is 5.52. The highest BCUT2D eigenvalue weighted by atomic mass is 35.5. The fraction of sp³-hybridized carbons (Fsp3) is 0. The summed E-state index contributed by atoms with van der Waals surface area (Å²) in [6, 6.07) is 6.57. The highest BCUT2D eigenvalue weighted by Gasteiger charge is 2.03. The number of aromatic nitrogens is 5. The number of halogens is 3. The van der Waals surface area contributed by atoms with E-state index in [0.29, 0.717) is 21.7 Å². The van der Waals surface area contributed by atoms with Gasteiger partial charge in [-0.2, -0.15) is 15.2 Å².